The third-order valence-electron chi connectivity index (χ3n) is 6.31. The Morgan fingerprint density at radius 3 is 2.32 bits per heavy atom. The summed E-state index contributed by atoms with van der Waals surface area (Å²) in [6.07, 6.45) is 4.15. The molecule has 4 rings (SSSR count). The van der Waals surface area contributed by atoms with Crippen LogP contribution in [0.1, 0.15) is 50.2 Å². The second kappa shape index (κ2) is 7.99. The fourth-order valence-electron chi connectivity index (χ4n) is 4.48. The minimum absolute atomic E-state index is 0.0123. The first kappa shape index (κ1) is 21.9. The van der Waals surface area contributed by atoms with Crippen molar-refractivity contribution in [3.8, 4) is 11.1 Å². The van der Waals surface area contributed by atoms with E-state index < -0.39 is 21.4 Å². The number of ether oxygens (including phenoxy) is 1. The van der Waals surface area contributed by atoms with Crippen LogP contribution in [0, 0.1) is 6.92 Å². The second-order valence-corrected chi connectivity index (χ2v) is 10.9. The van der Waals surface area contributed by atoms with E-state index in [0.29, 0.717) is 23.4 Å². The monoisotopic (exact) mass is 460 g/mol. The summed E-state index contributed by atoms with van der Waals surface area (Å²) in [6, 6.07) is 10.1. The Hall–Kier alpha value is -2.31. The van der Waals surface area contributed by atoms with Crippen molar-refractivity contribution in [2.24, 2.45) is 0 Å². The highest BCUT2D eigenvalue weighted by Gasteiger charge is 2.49. The van der Waals surface area contributed by atoms with E-state index in [1.54, 1.807) is 37.3 Å². The van der Waals surface area contributed by atoms with Gasteiger partial charge in [0, 0.05) is 10.6 Å². The standard InChI is InChI=1S/C24H25ClO5S/c1-3-31(28,29)17-9-7-16(8-10-17)19-13-15(2)18(14-20(19)25)21-22(26)24(30-23(21)27)11-5-4-6-12-24/h7-10,13-14,26H,3-6,11-12H2,1-2H3. The molecule has 5 nitrogen and oxygen atoms in total. The number of sulfone groups is 1. The highest BCUT2D eigenvalue weighted by atomic mass is 35.5. The van der Waals surface area contributed by atoms with Crippen LogP contribution in [-0.4, -0.2) is 30.8 Å². The molecule has 2 aromatic carbocycles. The van der Waals surface area contributed by atoms with E-state index in [0.717, 1.165) is 36.0 Å². The van der Waals surface area contributed by atoms with Gasteiger partial charge in [0.15, 0.2) is 21.2 Å². The van der Waals surface area contributed by atoms with Crippen LogP contribution in [-0.2, 0) is 19.4 Å². The van der Waals surface area contributed by atoms with Gasteiger partial charge in [-0.25, -0.2) is 13.2 Å². The van der Waals surface area contributed by atoms with Crippen LogP contribution >= 0.6 is 11.6 Å². The van der Waals surface area contributed by atoms with Gasteiger partial charge in [-0.05, 0) is 73.6 Å². The Morgan fingerprint density at radius 1 is 1.06 bits per heavy atom. The first-order valence-electron chi connectivity index (χ1n) is 10.5. The zero-order valence-corrected chi connectivity index (χ0v) is 19.1. The molecule has 1 heterocycles. The number of hydrogen-bond donors (Lipinski definition) is 1. The number of esters is 1. The zero-order valence-electron chi connectivity index (χ0n) is 17.6. The predicted octanol–water partition coefficient (Wildman–Crippen LogP) is 5.64. The Balaban J connectivity index is 1.74. The van der Waals surface area contributed by atoms with E-state index in [1.165, 1.54) is 0 Å². The molecule has 31 heavy (non-hydrogen) atoms. The van der Waals surface area contributed by atoms with Gasteiger partial charge < -0.3 is 9.84 Å². The van der Waals surface area contributed by atoms with Gasteiger partial charge in [-0.15, -0.1) is 0 Å². The lowest BCUT2D eigenvalue weighted by molar-refractivity contribution is -0.149. The fraction of sp³-hybridized carbons (Fsp3) is 0.375. The summed E-state index contributed by atoms with van der Waals surface area (Å²) < 4.78 is 29.8. The summed E-state index contributed by atoms with van der Waals surface area (Å²) in [5.74, 6) is -0.462. The van der Waals surface area contributed by atoms with Crippen LogP contribution < -0.4 is 0 Å². The average Bonchev–Trinajstić information content (AvgIpc) is 2.99. The van der Waals surface area contributed by atoms with Gasteiger partial charge >= 0.3 is 5.97 Å². The summed E-state index contributed by atoms with van der Waals surface area (Å²) >= 11 is 6.57. The molecule has 2 aromatic rings. The molecule has 0 bridgehead atoms. The van der Waals surface area contributed by atoms with Crippen molar-refractivity contribution in [2.45, 2.75) is 56.4 Å². The number of benzene rings is 2. The molecule has 0 unspecified atom stereocenters. The number of hydrogen-bond acceptors (Lipinski definition) is 5. The maximum absolute atomic E-state index is 12.7. The molecule has 1 saturated carbocycles. The van der Waals surface area contributed by atoms with E-state index in [-0.39, 0.29) is 22.0 Å². The van der Waals surface area contributed by atoms with Gasteiger partial charge in [0.25, 0.3) is 0 Å². The van der Waals surface area contributed by atoms with Gasteiger partial charge in [0.05, 0.1) is 10.6 Å². The first-order valence-corrected chi connectivity index (χ1v) is 12.5. The molecule has 0 amide bonds. The van der Waals surface area contributed by atoms with Crippen LogP contribution in [0.25, 0.3) is 16.7 Å². The Morgan fingerprint density at radius 2 is 1.71 bits per heavy atom. The van der Waals surface area contributed by atoms with E-state index >= 15 is 0 Å². The number of carbonyl (C=O) groups is 1. The molecule has 0 saturated heterocycles. The summed E-state index contributed by atoms with van der Waals surface area (Å²) in [5.41, 5.74) is 2.12. The summed E-state index contributed by atoms with van der Waals surface area (Å²) in [7, 11) is -3.28. The van der Waals surface area contributed by atoms with Crippen LogP contribution in [0.4, 0.5) is 0 Å². The van der Waals surface area contributed by atoms with Crippen molar-refractivity contribution in [2.75, 3.05) is 5.75 Å². The Labute approximate surface area is 187 Å². The van der Waals surface area contributed by atoms with Crippen molar-refractivity contribution in [3.05, 3.63) is 58.3 Å². The SMILES string of the molecule is CCS(=O)(=O)c1ccc(-c2cc(C)c(C3=C(O)C4(CCCCC4)OC3=O)cc2Cl)cc1. The molecule has 1 spiro atoms. The lowest BCUT2D eigenvalue weighted by Crippen LogP contribution is -2.34. The van der Waals surface area contributed by atoms with Crippen LogP contribution in [0.2, 0.25) is 5.02 Å². The van der Waals surface area contributed by atoms with Gasteiger partial charge in [-0.2, -0.15) is 0 Å². The molecule has 0 aromatic heterocycles. The van der Waals surface area contributed by atoms with Crippen LogP contribution in [0.3, 0.4) is 0 Å². The zero-order chi connectivity index (χ0) is 22.4. The van der Waals surface area contributed by atoms with Gasteiger partial charge in [-0.1, -0.05) is 37.1 Å². The van der Waals surface area contributed by atoms with Gasteiger partial charge in [0.2, 0.25) is 0 Å². The number of rotatable bonds is 4. The third kappa shape index (κ3) is 3.76. The molecule has 164 valence electrons. The number of carbonyl (C=O) groups excluding carboxylic acids is 1. The minimum atomic E-state index is -3.28. The largest absolute Gasteiger partial charge is 0.507 e. The summed E-state index contributed by atoms with van der Waals surface area (Å²) in [5, 5.41) is 11.4. The van der Waals surface area contributed by atoms with E-state index in [4.69, 9.17) is 16.3 Å². The Bertz CT molecular complexity index is 1170. The molecular weight excluding hydrogens is 436 g/mol. The van der Waals surface area contributed by atoms with Gasteiger partial charge in [-0.3, -0.25) is 0 Å². The number of aliphatic hydroxyl groups excluding tert-OH is 1. The molecule has 1 aliphatic heterocycles. The van der Waals surface area contributed by atoms with Crippen LogP contribution in [0.15, 0.2) is 47.1 Å². The molecule has 1 N–H and O–H groups in total. The highest BCUT2D eigenvalue weighted by Crippen LogP contribution is 2.46. The molecule has 7 heteroatoms. The normalized spacial score (nSPS) is 18.5. The average molecular weight is 461 g/mol. The highest BCUT2D eigenvalue weighted by molar-refractivity contribution is 7.91. The second-order valence-electron chi connectivity index (χ2n) is 8.24. The van der Waals surface area contributed by atoms with E-state index in [2.05, 4.69) is 0 Å². The Kier molecular flexibility index (Phi) is 5.64. The quantitative estimate of drug-likeness (QED) is 0.597. The van der Waals surface area contributed by atoms with Crippen molar-refractivity contribution in [1.29, 1.82) is 0 Å². The summed E-state index contributed by atoms with van der Waals surface area (Å²) in [4.78, 5) is 13.0. The lowest BCUT2D eigenvalue weighted by Gasteiger charge is -2.31. The lowest BCUT2D eigenvalue weighted by atomic mass is 9.82. The van der Waals surface area contributed by atoms with E-state index in [1.807, 2.05) is 13.0 Å². The number of halogens is 1. The molecule has 1 aliphatic carbocycles. The van der Waals surface area contributed by atoms with Crippen molar-refractivity contribution < 1.29 is 23.1 Å². The first-order chi connectivity index (χ1) is 14.7. The molecular formula is C24H25ClO5S. The molecule has 0 radical (unpaired) electrons. The fourth-order valence-corrected chi connectivity index (χ4v) is 5.64. The van der Waals surface area contributed by atoms with Gasteiger partial charge in [0.1, 0.15) is 5.57 Å². The maximum atomic E-state index is 12.7. The van der Waals surface area contributed by atoms with Crippen molar-refractivity contribution in [3.63, 3.8) is 0 Å². The molecule has 2 aliphatic rings. The van der Waals surface area contributed by atoms with E-state index in [9.17, 15) is 18.3 Å². The van der Waals surface area contributed by atoms with Crippen molar-refractivity contribution in [1.82, 2.24) is 0 Å². The smallest absolute Gasteiger partial charge is 0.343 e. The number of aryl methyl sites for hydroxylation is 1. The summed E-state index contributed by atoms with van der Waals surface area (Å²) in [6.45, 7) is 3.46. The topological polar surface area (TPSA) is 80.7 Å². The number of aliphatic hydroxyl groups is 1. The molecule has 1 fully saturated rings. The minimum Gasteiger partial charge on any atom is -0.507 e. The van der Waals surface area contributed by atoms with Crippen LogP contribution in [0.5, 0.6) is 0 Å². The maximum Gasteiger partial charge on any atom is 0.343 e. The van der Waals surface area contributed by atoms with Crippen molar-refractivity contribution >= 4 is 33.0 Å². The predicted molar refractivity (Wildman–Crippen MR) is 121 cm³/mol. The molecule has 0 atom stereocenters. The third-order valence-corrected chi connectivity index (χ3v) is 8.37.